The molecule has 0 amide bonds. The Bertz CT molecular complexity index is 923. The van der Waals surface area contributed by atoms with Gasteiger partial charge in [0.05, 0.1) is 23.6 Å². The second kappa shape index (κ2) is 8.15. The van der Waals surface area contributed by atoms with Crippen LogP contribution < -0.4 is 4.90 Å². The second-order valence-corrected chi connectivity index (χ2v) is 7.38. The van der Waals surface area contributed by atoms with Crippen LogP contribution in [0.2, 0.25) is 10.0 Å². The molecule has 2 heterocycles. The monoisotopic (exact) mass is 398 g/mol. The van der Waals surface area contributed by atoms with Crippen molar-refractivity contribution in [3.63, 3.8) is 0 Å². The van der Waals surface area contributed by atoms with Gasteiger partial charge in [-0.15, -0.1) is 0 Å². The van der Waals surface area contributed by atoms with E-state index in [2.05, 4.69) is 38.7 Å². The van der Waals surface area contributed by atoms with E-state index in [4.69, 9.17) is 28.2 Å². The van der Waals surface area contributed by atoms with Crippen molar-refractivity contribution < 1.29 is 0 Å². The summed E-state index contributed by atoms with van der Waals surface area (Å²) in [6, 6.07) is 16.2. The summed E-state index contributed by atoms with van der Waals surface area (Å²) in [5.41, 5.74) is 2.22. The fourth-order valence-corrected chi connectivity index (χ4v) is 4.04. The van der Waals surface area contributed by atoms with Crippen molar-refractivity contribution in [2.75, 3.05) is 18.0 Å². The molecule has 0 saturated heterocycles. The predicted octanol–water partition coefficient (Wildman–Crippen LogP) is 5.28. The Morgan fingerprint density at radius 1 is 1.07 bits per heavy atom. The fourth-order valence-electron chi connectivity index (χ4n) is 3.53. The summed E-state index contributed by atoms with van der Waals surface area (Å²) in [7, 11) is 0. The highest BCUT2D eigenvalue weighted by Gasteiger charge is 2.29. The first kappa shape index (κ1) is 18.1. The average Bonchev–Trinajstić information content (AvgIpc) is 3.35. The maximum absolute atomic E-state index is 6.49. The highest BCUT2D eigenvalue weighted by atomic mass is 35.5. The van der Waals surface area contributed by atoms with Crippen molar-refractivity contribution >= 4 is 34.7 Å². The SMILES string of the molecule is Clc1ccc(N2CCN=C2C(CCn2ccnc2)c2ccccc2)c(Cl)c1. The molecule has 138 valence electrons. The number of aliphatic imine (C=N–C) groups is 1. The van der Waals surface area contributed by atoms with E-state index < -0.39 is 0 Å². The molecule has 4 nitrogen and oxygen atoms in total. The van der Waals surface area contributed by atoms with Gasteiger partial charge in [0.1, 0.15) is 5.84 Å². The molecule has 27 heavy (non-hydrogen) atoms. The number of aromatic nitrogens is 2. The molecule has 0 radical (unpaired) electrons. The first-order chi connectivity index (χ1) is 13.2. The summed E-state index contributed by atoms with van der Waals surface area (Å²) in [4.78, 5) is 11.2. The second-order valence-electron chi connectivity index (χ2n) is 6.54. The summed E-state index contributed by atoms with van der Waals surface area (Å²) in [5.74, 6) is 1.24. The predicted molar refractivity (Wildman–Crippen MR) is 112 cm³/mol. The minimum atomic E-state index is 0.183. The highest BCUT2D eigenvalue weighted by molar-refractivity contribution is 6.37. The zero-order valence-corrected chi connectivity index (χ0v) is 16.3. The van der Waals surface area contributed by atoms with Crippen LogP contribution in [0.4, 0.5) is 5.69 Å². The molecule has 2 aromatic carbocycles. The van der Waals surface area contributed by atoms with E-state index in [1.165, 1.54) is 5.56 Å². The largest absolute Gasteiger partial charge is 0.337 e. The summed E-state index contributed by atoms with van der Waals surface area (Å²) in [5, 5.41) is 1.29. The number of amidine groups is 1. The molecule has 0 N–H and O–H groups in total. The quantitative estimate of drug-likeness (QED) is 0.565. The van der Waals surface area contributed by atoms with Gasteiger partial charge in [-0.2, -0.15) is 0 Å². The lowest BCUT2D eigenvalue weighted by Gasteiger charge is -2.28. The molecule has 0 bridgehead atoms. The van der Waals surface area contributed by atoms with Gasteiger partial charge in [-0.25, -0.2) is 4.98 Å². The first-order valence-electron chi connectivity index (χ1n) is 9.00. The zero-order valence-electron chi connectivity index (χ0n) is 14.8. The van der Waals surface area contributed by atoms with Crippen molar-refractivity contribution in [3.8, 4) is 0 Å². The van der Waals surface area contributed by atoms with Crippen LogP contribution in [0.1, 0.15) is 17.9 Å². The molecule has 1 atom stereocenters. The van der Waals surface area contributed by atoms with E-state index >= 15 is 0 Å². The van der Waals surface area contributed by atoms with Gasteiger partial charge in [0.15, 0.2) is 0 Å². The minimum absolute atomic E-state index is 0.183. The van der Waals surface area contributed by atoms with E-state index in [9.17, 15) is 0 Å². The number of halogens is 2. The van der Waals surface area contributed by atoms with Gasteiger partial charge in [-0.3, -0.25) is 4.99 Å². The van der Waals surface area contributed by atoms with Crippen LogP contribution in [0.15, 0.2) is 72.2 Å². The third kappa shape index (κ3) is 4.02. The summed E-state index contributed by atoms with van der Waals surface area (Å²) >= 11 is 12.6. The molecule has 4 rings (SSSR count). The lowest BCUT2D eigenvalue weighted by molar-refractivity contribution is 0.616. The van der Waals surface area contributed by atoms with Crippen LogP contribution in [0.5, 0.6) is 0 Å². The van der Waals surface area contributed by atoms with Gasteiger partial charge in [-0.05, 0) is 30.2 Å². The normalized spacial score (nSPS) is 15.0. The molecule has 0 spiro atoms. The number of anilines is 1. The molecule has 3 aromatic rings. The maximum atomic E-state index is 6.49. The van der Waals surface area contributed by atoms with Crippen molar-refractivity contribution in [1.29, 1.82) is 0 Å². The van der Waals surface area contributed by atoms with Gasteiger partial charge in [0.2, 0.25) is 0 Å². The van der Waals surface area contributed by atoms with Crippen LogP contribution in [0, 0.1) is 0 Å². The topological polar surface area (TPSA) is 33.4 Å². The van der Waals surface area contributed by atoms with Crippen LogP contribution >= 0.6 is 23.2 Å². The van der Waals surface area contributed by atoms with E-state index in [1.807, 2.05) is 36.9 Å². The van der Waals surface area contributed by atoms with Gasteiger partial charge in [-0.1, -0.05) is 53.5 Å². The molecule has 0 fully saturated rings. The van der Waals surface area contributed by atoms with Crippen LogP contribution in [0.25, 0.3) is 0 Å². The number of aryl methyl sites for hydroxylation is 1. The summed E-state index contributed by atoms with van der Waals surface area (Å²) in [6.07, 6.45) is 6.59. The number of rotatable bonds is 6. The maximum Gasteiger partial charge on any atom is 0.111 e. The van der Waals surface area contributed by atoms with Crippen molar-refractivity contribution in [3.05, 3.63) is 82.9 Å². The fraction of sp³-hybridized carbons (Fsp3) is 0.238. The number of nitrogens with zero attached hydrogens (tertiary/aromatic N) is 4. The van der Waals surface area contributed by atoms with E-state index in [0.29, 0.717) is 10.0 Å². The van der Waals surface area contributed by atoms with E-state index in [-0.39, 0.29) is 5.92 Å². The number of hydrogen-bond donors (Lipinski definition) is 0. The van der Waals surface area contributed by atoms with Crippen LogP contribution in [0.3, 0.4) is 0 Å². The summed E-state index contributed by atoms with van der Waals surface area (Å²) in [6.45, 7) is 2.47. The van der Waals surface area contributed by atoms with E-state index in [0.717, 1.165) is 37.6 Å². The Kier molecular flexibility index (Phi) is 5.46. The molecule has 1 aliphatic rings. The average molecular weight is 399 g/mol. The lowest BCUT2D eigenvalue weighted by atomic mass is 9.93. The first-order valence-corrected chi connectivity index (χ1v) is 9.75. The lowest BCUT2D eigenvalue weighted by Crippen LogP contribution is -2.33. The highest BCUT2D eigenvalue weighted by Crippen LogP contribution is 2.34. The number of imidazole rings is 1. The molecule has 1 aromatic heterocycles. The van der Waals surface area contributed by atoms with Crippen molar-refractivity contribution in [2.45, 2.75) is 18.9 Å². The zero-order chi connectivity index (χ0) is 18.6. The third-order valence-electron chi connectivity index (χ3n) is 4.82. The molecule has 1 aliphatic heterocycles. The van der Waals surface area contributed by atoms with Crippen LogP contribution in [-0.2, 0) is 6.54 Å². The Labute approximate surface area is 169 Å². The Balaban J connectivity index is 1.65. The van der Waals surface area contributed by atoms with Gasteiger partial charge < -0.3 is 9.47 Å². The molecule has 6 heteroatoms. The molecule has 0 aliphatic carbocycles. The van der Waals surface area contributed by atoms with Gasteiger partial charge in [0, 0.05) is 36.4 Å². The Morgan fingerprint density at radius 3 is 2.67 bits per heavy atom. The van der Waals surface area contributed by atoms with Crippen molar-refractivity contribution in [1.82, 2.24) is 9.55 Å². The smallest absolute Gasteiger partial charge is 0.111 e. The Hall–Kier alpha value is -2.30. The summed E-state index contributed by atoms with van der Waals surface area (Å²) < 4.78 is 2.10. The number of hydrogen-bond acceptors (Lipinski definition) is 3. The third-order valence-corrected chi connectivity index (χ3v) is 5.36. The van der Waals surface area contributed by atoms with Crippen molar-refractivity contribution in [2.24, 2.45) is 4.99 Å². The van der Waals surface area contributed by atoms with Crippen LogP contribution in [-0.4, -0.2) is 28.5 Å². The van der Waals surface area contributed by atoms with Gasteiger partial charge >= 0.3 is 0 Å². The minimum Gasteiger partial charge on any atom is -0.337 e. The molecular formula is C21H20Cl2N4. The van der Waals surface area contributed by atoms with E-state index in [1.54, 1.807) is 6.07 Å². The van der Waals surface area contributed by atoms with Gasteiger partial charge in [0.25, 0.3) is 0 Å². The number of benzene rings is 2. The molecule has 0 saturated carbocycles. The molecular weight excluding hydrogens is 379 g/mol. The standard InChI is InChI=1S/C21H20Cl2N4/c22-17-6-7-20(19(23)14-17)27-13-10-25-21(27)18(16-4-2-1-3-5-16)8-11-26-12-9-24-15-26/h1-7,9,12,14-15,18H,8,10-11,13H2. The molecule has 1 unspecified atom stereocenters. The Morgan fingerprint density at radius 2 is 1.93 bits per heavy atom.